The van der Waals surface area contributed by atoms with Crippen LogP contribution in [-0.4, -0.2) is 59.6 Å². The van der Waals surface area contributed by atoms with Crippen LogP contribution in [0.15, 0.2) is 24.3 Å². The van der Waals surface area contributed by atoms with E-state index in [1.807, 2.05) is 6.92 Å². The molecule has 0 aromatic heterocycles. The monoisotopic (exact) mass is 520 g/mol. The number of carbonyl (C=O) groups is 4. The van der Waals surface area contributed by atoms with Crippen LogP contribution < -0.4 is 21.7 Å². The van der Waals surface area contributed by atoms with E-state index in [1.165, 1.54) is 19.2 Å². The summed E-state index contributed by atoms with van der Waals surface area (Å²) in [6.07, 6.45) is 0.119. The molecule has 10 nitrogen and oxygen atoms in total. The number of hydrogen-bond donors (Lipinski definition) is 6. The molecule has 208 valence electrons. The van der Waals surface area contributed by atoms with Crippen LogP contribution in [-0.2, 0) is 25.6 Å². The first-order chi connectivity index (χ1) is 17.0. The summed E-state index contributed by atoms with van der Waals surface area (Å²) in [5, 5.41) is 27.2. The molecule has 0 radical (unpaired) electrons. The van der Waals surface area contributed by atoms with E-state index in [1.54, 1.807) is 46.8 Å². The van der Waals surface area contributed by atoms with Crippen molar-refractivity contribution in [3.63, 3.8) is 0 Å². The maximum atomic E-state index is 13.4. The van der Waals surface area contributed by atoms with Gasteiger partial charge in [-0.3, -0.25) is 19.2 Å². The van der Waals surface area contributed by atoms with Gasteiger partial charge in [-0.1, -0.05) is 46.8 Å². The summed E-state index contributed by atoms with van der Waals surface area (Å²) in [4.78, 5) is 51.6. The van der Waals surface area contributed by atoms with Gasteiger partial charge in [-0.2, -0.15) is 0 Å². The summed E-state index contributed by atoms with van der Waals surface area (Å²) in [6, 6.07) is 5.25. The second-order valence-corrected chi connectivity index (χ2v) is 11.1. The molecule has 4 atom stereocenters. The molecule has 1 rings (SSSR count). The fraction of sp³-hybridized carbons (Fsp3) is 0.630. The van der Waals surface area contributed by atoms with Crippen molar-refractivity contribution in [1.29, 1.82) is 0 Å². The van der Waals surface area contributed by atoms with Crippen molar-refractivity contribution >= 4 is 23.6 Å². The summed E-state index contributed by atoms with van der Waals surface area (Å²) in [5.41, 5.74) is 3.12. The molecule has 0 aliphatic rings. The van der Waals surface area contributed by atoms with Crippen LogP contribution >= 0.6 is 0 Å². The molecule has 4 unspecified atom stereocenters. The zero-order valence-corrected chi connectivity index (χ0v) is 23.1. The number of aliphatic hydroxyl groups is 1. The van der Waals surface area contributed by atoms with Gasteiger partial charge >= 0.3 is 0 Å². The Morgan fingerprint density at radius 1 is 0.946 bits per heavy atom. The average molecular weight is 521 g/mol. The number of nitrogens with two attached hydrogens (primary N) is 1. The lowest BCUT2D eigenvalue weighted by molar-refractivity contribution is -0.142. The van der Waals surface area contributed by atoms with Gasteiger partial charge in [0.25, 0.3) is 0 Å². The van der Waals surface area contributed by atoms with Gasteiger partial charge in [0.15, 0.2) is 0 Å². The van der Waals surface area contributed by atoms with E-state index in [9.17, 15) is 29.4 Å². The molecule has 0 saturated heterocycles. The summed E-state index contributed by atoms with van der Waals surface area (Å²) < 4.78 is 0. The zero-order chi connectivity index (χ0) is 28.6. The first-order valence-corrected chi connectivity index (χ1v) is 12.6. The Morgan fingerprint density at radius 3 is 1.97 bits per heavy atom. The number of hydrogen-bond acceptors (Lipinski definition) is 6. The Balaban J connectivity index is 3.16. The van der Waals surface area contributed by atoms with Gasteiger partial charge in [-0.25, -0.2) is 0 Å². The lowest BCUT2D eigenvalue weighted by Crippen LogP contribution is -2.53. The number of rotatable bonds is 14. The van der Waals surface area contributed by atoms with Crippen LogP contribution in [0.4, 0.5) is 0 Å². The maximum Gasteiger partial charge on any atom is 0.240 e. The van der Waals surface area contributed by atoms with Crippen molar-refractivity contribution in [2.45, 2.75) is 79.4 Å². The van der Waals surface area contributed by atoms with Gasteiger partial charge in [-0.15, -0.1) is 0 Å². The lowest BCUT2D eigenvalue weighted by Gasteiger charge is -2.41. The normalized spacial score (nSPS) is 16.4. The fourth-order valence-electron chi connectivity index (χ4n) is 4.71. The molecule has 1 aromatic rings. The predicted molar refractivity (Wildman–Crippen MR) is 141 cm³/mol. The van der Waals surface area contributed by atoms with Crippen LogP contribution in [0.3, 0.4) is 0 Å². The van der Waals surface area contributed by atoms with Gasteiger partial charge in [-0.05, 0) is 43.9 Å². The summed E-state index contributed by atoms with van der Waals surface area (Å²) in [5.74, 6) is -1.68. The van der Waals surface area contributed by atoms with Gasteiger partial charge in [0.05, 0.1) is 6.10 Å². The van der Waals surface area contributed by atoms with E-state index in [2.05, 4.69) is 16.0 Å². The SMILES string of the molecule is CCC(C)(CC(C)(CC(C)(C)C(=O)NC(Cc1ccc(O)cc1)C(N)=O)C(=O)NC)C(=O)NCC(C)O. The second-order valence-electron chi connectivity index (χ2n) is 11.1. The molecule has 10 heteroatoms. The third-order valence-electron chi connectivity index (χ3n) is 6.91. The summed E-state index contributed by atoms with van der Waals surface area (Å²) in [7, 11) is 1.51. The number of phenolic OH excluding ortho intramolecular Hbond substituents is 1. The van der Waals surface area contributed by atoms with E-state index in [-0.39, 0.29) is 43.4 Å². The van der Waals surface area contributed by atoms with E-state index in [0.717, 1.165) is 0 Å². The third-order valence-corrected chi connectivity index (χ3v) is 6.91. The van der Waals surface area contributed by atoms with E-state index < -0.39 is 40.2 Å². The quantitative estimate of drug-likeness (QED) is 0.216. The standard InChI is InChI=1S/C27H44N4O6/c1-8-26(5,24(37)30-14-17(2)32)16-27(6,23(36)29-7)15-25(3,4)22(35)31-20(21(28)34)13-18-9-11-19(33)12-10-18/h9-12,17,20,32-33H,8,13-16H2,1-7H3,(H2,28,34)(H,29,36)(H,30,37)(H,31,35). The maximum absolute atomic E-state index is 13.4. The molecular formula is C27H44N4O6. The molecule has 0 bridgehead atoms. The highest BCUT2D eigenvalue weighted by Gasteiger charge is 2.47. The highest BCUT2D eigenvalue weighted by molar-refractivity contribution is 5.90. The molecule has 1 aromatic carbocycles. The number of primary amides is 1. The molecule has 37 heavy (non-hydrogen) atoms. The Bertz CT molecular complexity index is 962. The smallest absolute Gasteiger partial charge is 0.240 e. The molecule has 7 N–H and O–H groups in total. The van der Waals surface area contributed by atoms with Gasteiger partial charge in [0, 0.05) is 36.3 Å². The average Bonchev–Trinajstić information content (AvgIpc) is 2.81. The zero-order valence-electron chi connectivity index (χ0n) is 23.1. The topological polar surface area (TPSA) is 171 Å². The fourth-order valence-corrected chi connectivity index (χ4v) is 4.71. The number of carbonyl (C=O) groups excluding carboxylic acids is 4. The minimum absolute atomic E-state index is 0.0802. The summed E-state index contributed by atoms with van der Waals surface area (Å²) in [6.45, 7) is 10.4. The molecule has 0 saturated carbocycles. The Morgan fingerprint density at radius 2 is 1.51 bits per heavy atom. The number of aromatic hydroxyl groups is 1. The minimum Gasteiger partial charge on any atom is -0.508 e. The highest BCUT2D eigenvalue weighted by atomic mass is 16.3. The van der Waals surface area contributed by atoms with Crippen LogP contribution in [0, 0.1) is 16.2 Å². The van der Waals surface area contributed by atoms with E-state index >= 15 is 0 Å². The highest BCUT2D eigenvalue weighted by Crippen LogP contribution is 2.44. The number of nitrogens with one attached hydrogen (secondary N) is 3. The van der Waals surface area contributed by atoms with Crippen molar-refractivity contribution in [1.82, 2.24) is 16.0 Å². The second kappa shape index (κ2) is 12.9. The van der Waals surface area contributed by atoms with Crippen LogP contribution in [0.2, 0.25) is 0 Å². The third kappa shape index (κ3) is 9.03. The van der Waals surface area contributed by atoms with Crippen molar-refractivity contribution in [2.75, 3.05) is 13.6 Å². The number of amides is 4. The molecule has 0 heterocycles. The van der Waals surface area contributed by atoms with E-state index in [0.29, 0.717) is 12.0 Å². The first kappa shape index (κ1) is 31.9. The van der Waals surface area contributed by atoms with Gasteiger partial charge in [0.2, 0.25) is 23.6 Å². The molecule has 0 spiro atoms. The predicted octanol–water partition coefficient (Wildman–Crippen LogP) is 1.38. The Kier molecular flexibility index (Phi) is 11.1. The van der Waals surface area contributed by atoms with Crippen LogP contribution in [0.5, 0.6) is 5.75 Å². The molecule has 0 aliphatic carbocycles. The van der Waals surface area contributed by atoms with Gasteiger partial charge < -0.3 is 31.9 Å². The van der Waals surface area contributed by atoms with Crippen LogP contribution in [0.1, 0.15) is 66.4 Å². The van der Waals surface area contributed by atoms with Gasteiger partial charge in [0.1, 0.15) is 11.8 Å². The Labute approximate surface area is 219 Å². The Hall–Kier alpha value is -3.14. The van der Waals surface area contributed by atoms with Crippen molar-refractivity contribution in [2.24, 2.45) is 22.0 Å². The molecule has 0 fully saturated rings. The number of benzene rings is 1. The molecular weight excluding hydrogens is 476 g/mol. The van der Waals surface area contributed by atoms with E-state index in [4.69, 9.17) is 5.73 Å². The molecule has 0 aliphatic heterocycles. The van der Waals surface area contributed by atoms with Crippen molar-refractivity contribution in [3.8, 4) is 5.75 Å². The minimum atomic E-state index is -1.11. The van der Waals surface area contributed by atoms with Crippen LogP contribution in [0.25, 0.3) is 0 Å². The largest absolute Gasteiger partial charge is 0.508 e. The first-order valence-electron chi connectivity index (χ1n) is 12.6. The summed E-state index contributed by atoms with van der Waals surface area (Å²) >= 11 is 0. The molecule has 4 amide bonds. The van der Waals surface area contributed by atoms with Crippen molar-refractivity contribution in [3.05, 3.63) is 29.8 Å². The number of phenols is 1. The number of aliphatic hydroxyl groups excluding tert-OH is 1. The van der Waals surface area contributed by atoms with Crippen molar-refractivity contribution < 1.29 is 29.4 Å². The lowest BCUT2D eigenvalue weighted by atomic mass is 9.64.